The molecule has 4 heteroatoms. The van der Waals surface area contributed by atoms with Gasteiger partial charge in [0.25, 0.3) is 0 Å². The highest BCUT2D eigenvalue weighted by Crippen LogP contribution is 2.37. The number of carbonyl (C=O) groups excluding carboxylic acids is 1. The number of benzene rings is 2. The predicted molar refractivity (Wildman–Crippen MR) is 81.8 cm³/mol. The third kappa shape index (κ3) is 3.39. The van der Waals surface area contributed by atoms with E-state index in [1.54, 1.807) is 0 Å². The minimum Gasteiger partial charge on any atom is -0.493 e. The number of carbonyl (C=O) groups is 1. The summed E-state index contributed by atoms with van der Waals surface area (Å²) in [6.07, 6.45) is 0.445. The highest BCUT2D eigenvalue weighted by Gasteiger charge is 2.24. The maximum absolute atomic E-state index is 11.2. The molecule has 1 unspecified atom stereocenters. The average molecular weight is 298 g/mol. The third-order valence-electron chi connectivity index (χ3n) is 3.53. The molecule has 0 aromatic heterocycles. The van der Waals surface area contributed by atoms with Gasteiger partial charge in [0.05, 0.1) is 6.61 Å². The van der Waals surface area contributed by atoms with E-state index < -0.39 is 0 Å². The monoisotopic (exact) mass is 298 g/mol. The Morgan fingerprint density at radius 1 is 1.23 bits per heavy atom. The van der Waals surface area contributed by atoms with Crippen LogP contribution in [0.3, 0.4) is 0 Å². The van der Waals surface area contributed by atoms with Gasteiger partial charge in [-0.05, 0) is 17.7 Å². The first-order chi connectivity index (χ1) is 10.7. The summed E-state index contributed by atoms with van der Waals surface area (Å²) in [6.45, 7) is 2.46. The topological polar surface area (TPSA) is 44.8 Å². The second kappa shape index (κ2) is 6.52. The lowest BCUT2D eigenvalue weighted by molar-refractivity contribution is -0.148. The Balaban J connectivity index is 1.72. The normalized spacial score (nSPS) is 16.3. The van der Waals surface area contributed by atoms with E-state index in [4.69, 9.17) is 14.2 Å². The molecule has 4 nitrogen and oxygen atoms in total. The van der Waals surface area contributed by atoms with E-state index in [0.717, 1.165) is 22.6 Å². The summed E-state index contributed by atoms with van der Waals surface area (Å²) in [4.78, 5) is 11.2. The van der Waals surface area contributed by atoms with Gasteiger partial charge in [0.15, 0.2) is 0 Å². The van der Waals surface area contributed by atoms with Gasteiger partial charge in [-0.15, -0.1) is 0 Å². The zero-order chi connectivity index (χ0) is 15.4. The molecule has 0 saturated heterocycles. The van der Waals surface area contributed by atoms with Crippen LogP contribution >= 0.6 is 0 Å². The molecule has 22 heavy (non-hydrogen) atoms. The Bertz CT molecular complexity index is 651. The molecule has 114 valence electrons. The smallest absolute Gasteiger partial charge is 0.303 e. The van der Waals surface area contributed by atoms with Crippen LogP contribution in [0.15, 0.2) is 48.5 Å². The zero-order valence-corrected chi connectivity index (χ0v) is 12.5. The number of ether oxygens (including phenoxy) is 3. The van der Waals surface area contributed by atoms with Gasteiger partial charge >= 0.3 is 5.97 Å². The van der Waals surface area contributed by atoms with Gasteiger partial charge < -0.3 is 14.2 Å². The first-order valence-corrected chi connectivity index (χ1v) is 7.33. The quantitative estimate of drug-likeness (QED) is 0.808. The Morgan fingerprint density at radius 3 is 2.82 bits per heavy atom. The van der Waals surface area contributed by atoms with Gasteiger partial charge in [0.1, 0.15) is 24.2 Å². The summed E-state index contributed by atoms with van der Waals surface area (Å²) in [6, 6.07) is 15.6. The van der Waals surface area contributed by atoms with E-state index >= 15 is 0 Å². The third-order valence-corrected chi connectivity index (χ3v) is 3.53. The average Bonchev–Trinajstić information content (AvgIpc) is 2.53. The van der Waals surface area contributed by atoms with Crippen LogP contribution in [-0.2, 0) is 16.1 Å². The van der Waals surface area contributed by atoms with Gasteiger partial charge in [0.2, 0.25) is 0 Å². The number of hydrogen-bond acceptors (Lipinski definition) is 4. The molecule has 1 aliphatic heterocycles. The van der Waals surface area contributed by atoms with Gasteiger partial charge in [-0.2, -0.15) is 0 Å². The van der Waals surface area contributed by atoms with Crippen molar-refractivity contribution in [1.82, 2.24) is 0 Å². The molecule has 0 amide bonds. The number of rotatable bonds is 4. The zero-order valence-electron chi connectivity index (χ0n) is 12.5. The molecule has 0 N–H and O–H groups in total. The van der Waals surface area contributed by atoms with Gasteiger partial charge in [-0.25, -0.2) is 0 Å². The molecule has 0 fully saturated rings. The number of fused-ring (bicyclic) bond motifs is 1. The summed E-state index contributed by atoms with van der Waals surface area (Å²) < 4.78 is 16.8. The van der Waals surface area contributed by atoms with E-state index in [0.29, 0.717) is 19.6 Å². The van der Waals surface area contributed by atoms with Crippen molar-refractivity contribution in [2.45, 2.75) is 26.1 Å². The first-order valence-electron chi connectivity index (χ1n) is 7.33. The van der Waals surface area contributed by atoms with Crippen molar-refractivity contribution in [3.8, 4) is 11.5 Å². The van der Waals surface area contributed by atoms with Crippen LogP contribution in [0, 0.1) is 0 Å². The molecule has 2 aromatic rings. The van der Waals surface area contributed by atoms with Crippen LogP contribution in [-0.4, -0.2) is 12.6 Å². The predicted octanol–water partition coefficient (Wildman–Crippen LogP) is 3.65. The fourth-order valence-electron chi connectivity index (χ4n) is 2.49. The Labute approximate surface area is 129 Å². The van der Waals surface area contributed by atoms with Gasteiger partial charge in [0, 0.05) is 25.0 Å². The maximum atomic E-state index is 11.2. The minimum absolute atomic E-state index is 0.232. The van der Waals surface area contributed by atoms with E-state index in [1.807, 2.05) is 48.5 Å². The first kappa shape index (κ1) is 14.4. The highest BCUT2D eigenvalue weighted by molar-refractivity contribution is 5.66. The summed E-state index contributed by atoms with van der Waals surface area (Å²) in [5, 5.41) is 0. The molecule has 0 saturated carbocycles. The Morgan fingerprint density at radius 2 is 2.05 bits per heavy atom. The second-order valence-corrected chi connectivity index (χ2v) is 5.21. The summed E-state index contributed by atoms with van der Waals surface area (Å²) in [7, 11) is 0. The molecule has 0 aliphatic carbocycles. The number of hydrogen-bond donors (Lipinski definition) is 0. The van der Waals surface area contributed by atoms with Crippen molar-refractivity contribution < 1.29 is 19.0 Å². The molecule has 3 rings (SSSR count). The van der Waals surface area contributed by atoms with Crippen molar-refractivity contribution in [3.63, 3.8) is 0 Å². The lowest BCUT2D eigenvalue weighted by atomic mass is 10.0. The summed E-state index contributed by atoms with van der Waals surface area (Å²) in [5.74, 6) is 1.19. The molecule has 1 heterocycles. The maximum Gasteiger partial charge on any atom is 0.303 e. The standard InChI is InChI=1S/C18H18O4/c1-13(19)22-17-9-10-20-18-11-15(7-8-16(17)18)21-12-14-5-3-2-4-6-14/h2-8,11,17H,9-10,12H2,1H3. The highest BCUT2D eigenvalue weighted by atomic mass is 16.5. The van der Waals surface area contributed by atoms with Crippen molar-refractivity contribution in [1.29, 1.82) is 0 Å². The minimum atomic E-state index is -0.276. The SMILES string of the molecule is CC(=O)OC1CCOc2cc(OCc3ccccc3)ccc21. The Hall–Kier alpha value is -2.49. The van der Waals surface area contributed by atoms with Crippen LogP contribution in [0.25, 0.3) is 0 Å². The van der Waals surface area contributed by atoms with E-state index in [2.05, 4.69) is 0 Å². The van der Waals surface area contributed by atoms with Crippen LogP contribution in [0.1, 0.15) is 30.6 Å². The van der Waals surface area contributed by atoms with Crippen molar-refractivity contribution in [2.24, 2.45) is 0 Å². The van der Waals surface area contributed by atoms with E-state index in [9.17, 15) is 4.79 Å². The second-order valence-electron chi connectivity index (χ2n) is 5.21. The van der Waals surface area contributed by atoms with Crippen LogP contribution in [0.4, 0.5) is 0 Å². The molecule has 0 radical (unpaired) electrons. The van der Waals surface area contributed by atoms with Crippen LogP contribution < -0.4 is 9.47 Å². The van der Waals surface area contributed by atoms with E-state index in [-0.39, 0.29) is 12.1 Å². The molecular formula is C18H18O4. The number of esters is 1. The van der Waals surface area contributed by atoms with Crippen molar-refractivity contribution >= 4 is 5.97 Å². The Kier molecular flexibility index (Phi) is 4.28. The fraction of sp³-hybridized carbons (Fsp3) is 0.278. The fourth-order valence-corrected chi connectivity index (χ4v) is 2.49. The molecule has 1 atom stereocenters. The largest absolute Gasteiger partial charge is 0.493 e. The van der Waals surface area contributed by atoms with Crippen LogP contribution in [0.5, 0.6) is 11.5 Å². The van der Waals surface area contributed by atoms with Gasteiger partial charge in [-0.3, -0.25) is 4.79 Å². The molecule has 0 bridgehead atoms. The molecule has 1 aliphatic rings. The molecule has 0 spiro atoms. The lowest BCUT2D eigenvalue weighted by Gasteiger charge is -2.25. The summed E-state index contributed by atoms with van der Waals surface area (Å²) >= 11 is 0. The van der Waals surface area contributed by atoms with E-state index in [1.165, 1.54) is 6.92 Å². The molecule has 2 aromatic carbocycles. The van der Waals surface area contributed by atoms with Crippen molar-refractivity contribution in [2.75, 3.05) is 6.61 Å². The lowest BCUT2D eigenvalue weighted by Crippen LogP contribution is -2.18. The van der Waals surface area contributed by atoms with Crippen LogP contribution in [0.2, 0.25) is 0 Å². The molecular weight excluding hydrogens is 280 g/mol. The summed E-state index contributed by atoms with van der Waals surface area (Å²) in [5.41, 5.74) is 2.01. The van der Waals surface area contributed by atoms with Crippen molar-refractivity contribution in [3.05, 3.63) is 59.7 Å². The van der Waals surface area contributed by atoms with Gasteiger partial charge in [-0.1, -0.05) is 30.3 Å².